The van der Waals surface area contributed by atoms with Crippen LogP contribution in [0.5, 0.6) is 5.75 Å². The normalized spacial score (nSPS) is 14.4. The van der Waals surface area contributed by atoms with Crippen molar-refractivity contribution in [3.8, 4) is 5.75 Å². The highest BCUT2D eigenvalue weighted by molar-refractivity contribution is 9.10. The number of ether oxygens (including phenoxy) is 2. The van der Waals surface area contributed by atoms with Gasteiger partial charge < -0.3 is 14.4 Å². The zero-order valence-electron chi connectivity index (χ0n) is 20.2. The van der Waals surface area contributed by atoms with Gasteiger partial charge in [0.15, 0.2) is 5.11 Å². The van der Waals surface area contributed by atoms with Gasteiger partial charge in [0.05, 0.1) is 12.8 Å². The molecule has 3 aromatic carbocycles. The summed E-state index contributed by atoms with van der Waals surface area (Å²) in [6.45, 7) is 2.02. The second kappa shape index (κ2) is 11.7. The number of nitrogens with zero attached hydrogens (tertiary/aromatic N) is 2. The first-order chi connectivity index (χ1) is 17.8. The Morgan fingerprint density at radius 2 is 1.73 bits per heavy atom. The predicted octanol–water partition coefficient (Wildman–Crippen LogP) is 5.88. The maximum Gasteiger partial charge on any atom is 0.325 e. The minimum Gasteiger partial charge on any atom is -0.488 e. The van der Waals surface area contributed by atoms with Gasteiger partial charge in [-0.25, -0.2) is 4.39 Å². The van der Waals surface area contributed by atoms with Crippen molar-refractivity contribution in [3.63, 3.8) is 0 Å². The molecule has 0 radical (unpaired) electrons. The number of halogens is 2. The summed E-state index contributed by atoms with van der Waals surface area (Å²) in [6, 6.07) is 19.0. The van der Waals surface area contributed by atoms with Crippen LogP contribution in [-0.2, 0) is 27.4 Å². The van der Waals surface area contributed by atoms with Gasteiger partial charge in [0.1, 0.15) is 30.4 Å². The molecule has 0 aromatic heterocycles. The first-order valence-electron chi connectivity index (χ1n) is 11.5. The first kappa shape index (κ1) is 26.5. The van der Waals surface area contributed by atoms with E-state index in [0.29, 0.717) is 17.0 Å². The average Bonchev–Trinajstić information content (AvgIpc) is 3.13. The van der Waals surface area contributed by atoms with Gasteiger partial charge in [0.2, 0.25) is 0 Å². The number of anilines is 1. The van der Waals surface area contributed by atoms with E-state index >= 15 is 0 Å². The van der Waals surface area contributed by atoms with Crippen LogP contribution < -0.4 is 9.64 Å². The molecule has 1 fully saturated rings. The molecule has 1 aliphatic rings. The Kier molecular flexibility index (Phi) is 8.35. The zero-order chi connectivity index (χ0) is 26.5. The van der Waals surface area contributed by atoms with Crippen molar-refractivity contribution in [1.82, 2.24) is 4.90 Å². The van der Waals surface area contributed by atoms with Crippen molar-refractivity contribution in [2.45, 2.75) is 20.0 Å². The Balaban J connectivity index is 1.71. The standard InChI is InChI=1S/C28H24BrFN2O4S/c1-3-18-6-11-23(12-7-18)32-27(34)24(31(28(32)37)16-26(33)35-2)15-20-14-21(29)8-13-25(20)36-17-19-4-9-22(30)10-5-19/h4-15H,3,16-17H2,1-2H3/b24-15-. The first-order valence-corrected chi connectivity index (χ1v) is 12.7. The largest absolute Gasteiger partial charge is 0.488 e. The summed E-state index contributed by atoms with van der Waals surface area (Å²) >= 11 is 9.11. The second-order valence-electron chi connectivity index (χ2n) is 8.23. The maximum atomic E-state index is 13.7. The number of methoxy groups -OCH3 is 1. The van der Waals surface area contributed by atoms with Gasteiger partial charge in [-0.2, -0.15) is 0 Å². The lowest BCUT2D eigenvalue weighted by molar-refractivity contribution is -0.140. The summed E-state index contributed by atoms with van der Waals surface area (Å²) < 4.78 is 24.9. The summed E-state index contributed by atoms with van der Waals surface area (Å²) in [4.78, 5) is 28.7. The lowest BCUT2D eigenvalue weighted by atomic mass is 10.1. The van der Waals surface area contributed by atoms with E-state index in [1.807, 2.05) is 37.3 Å². The average molecular weight is 583 g/mol. The van der Waals surface area contributed by atoms with Crippen molar-refractivity contribution in [1.29, 1.82) is 0 Å². The number of amides is 1. The van der Waals surface area contributed by atoms with Crippen LogP contribution in [0.4, 0.5) is 10.1 Å². The monoisotopic (exact) mass is 582 g/mol. The third-order valence-corrected chi connectivity index (χ3v) is 6.72. The van der Waals surface area contributed by atoms with Gasteiger partial charge >= 0.3 is 5.97 Å². The Labute approximate surface area is 228 Å². The number of esters is 1. The van der Waals surface area contributed by atoms with Crippen molar-refractivity contribution in [2.24, 2.45) is 0 Å². The van der Waals surface area contributed by atoms with Gasteiger partial charge in [0.25, 0.3) is 5.91 Å². The summed E-state index contributed by atoms with van der Waals surface area (Å²) in [6.07, 6.45) is 2.50. The molecule has 190 valence electrons. The molecule has 1 heterocycles. The molecule has 4 rings (SSSR count). The number of aryl methyl sites for hydroxylation is 1. The lowest BCUT2D eigenvalue weighted by Crippen LogP contribution is -2.35. The van der Waals surface area contributed by atoms with Gasteiger partial charge in [-0.15, -0.1) is 0 Å². The number of rotatable bonds is 8. The molecule has 0 atom stereocenters. The molecule has 1 aliphatic heterocycles. The summed E-state index contributed by atoms with van der Waals surface area (Å²) in [5.74, 6) is -0.732. The molecule has 0 bridgehead atoms. The maximum absolute atomic E-state index is 13.7. The van der Waals surface area contributed by atoms with Crippen LogP contribution >= 0.6 is 28.1 Å². The summed E-state index contributed by atoms with van der Waals surface area (Å²) in [7, 11) is 1.28. The fraction of sp³-hybridized carbons (Fsp3) is 0.179. The molecule has 0 unspecified atom stereocenters. The molecule has 0 N–H and O–H groups in total. The third-order valence-electron chi connectivity index (χ3n) is 5.82. The smallest absolute Gasteiger partial charge is 0.325 e. The highest BCUT2D eigenvalue weighted by atomic mass is 79.9. The Morgan fingerprint density at radius 3 is 2.38 bits per heavy atom. The molecule has 9 heteroatoms. The van der Waals surface area contributed by atoms with E-state index in [0.717, 1.165) is 22.0 Å². The number of hydrogen-bond donors (Lipinski definition) is 0. The van der Waals surface area contributed by atoms with Crippen molar-refractivity contribution >= 4 is 56.9 Å². The van der Waals surface area contributed by atoms with Gasteiger partial charge in [-0.3, -0.25) is 14.5 Å². The topological polar surface area (TPSA) is 59.1 Å². The van der Waals surface area contributed by atoms with Crippen LogP contribution in [0.2, 0.25) is 0 Å². The van der Waals surface area contributed by atoms with Crippen molar-refractivity contribution in [2.75, 3.05) is 18.6 Å². The van der Waals surface area contributed by atoms with Crippen molar-refractivity contribution in [3.05, 3.63) is 99.4 Å². The second-order valence-corrected chi connectivity index (χ2v) is 9.51. The Hall–Kier alpha value is -3.56. The van der Waals surface area contributed by atoms with Crippen LogP contribution in [0.1, 0.15) is 23.6 Å². The third kappa shape index (κ3) is 6.06. The fourth-order valence-electron chi connectivity index (χ4n) is 3.79. The van der Waals surface area contributed by atoms with E-state index in [1.54, 1.807) is 30.3 Å². The quantitative estimate of drug-likeness (QED) is 0.188. The zero-order valence-corrected chi connectivity index (χ0v) is 22.6. The lowest BCUT2D eigenvalue weighted by Gasteiger charge is -2.19. The van der Waals surface area contributed by atoms with E-state index < -0.39 is 5.97 Å². The predicted molar refractivity (Wildman–Crippen MR) is 147 cm³/mol. The molecule has 0 saturated carbocycles. The van der Waals surface area contributed by atoms with Crippen LogP contribution in [0, 0.1) is 5.82 Å². The van der Waals surface area contributed by atoms with Crippen LogP contribution in [-0.4, -0.2) is 35.5 Å². The number of carbonyl (C=O) groups is 2. The molecule has 3 aromatic rings. The number of hydrogen-bond acceptors (Lipinski definition) is 5. The minimum absolute atomic E-state index is 0.176. The number of carbonyl (C=O) groups excluding carboxylic acids is 2. The van der Waals surface area contributed by atoms with Crippen molar-refractivity contribution < 1.29 is 23.5 Å². The van der Waals surface area contributed by atoms with Gasteiger partial charge in [-0.05, 0) is 78.3 Å². The highest BCUT2D eigenvalue weighted by Crippen LogP contribution is 2.32. The van der Waals surface area contributed by atoms with E-state index in [2.05, 4.69) is 15.9 Å². The minimum atomic E-state index is -0.536. The Bertz CT molecular complexity index is 1360. The SMILES string of the molecule is CCc1ccc(N2C(=O)/C(=C/c3cc(Br)ccc3OCc3ccc(F)cc3)N(CC(=O)OC)C2=S)cc1. The molecule has 0 aliphatic carbocycles. The van der Waals surface area contributed by atoms with E-state index in [4.69, 9.17) is 21.7 Å². The molecule has 0 spiro atoms. The molecule has 1 amide bonds. The van der Waals surface area contributed by atoms with E-state index in [-0.39, 0.29) is 35.7 Å². The van der Waals surface area contributed by atoms with Crippen LogP contribution in [0.3, 0.4) is 0 Å². The molecule has 6 nitrogen and oxygen atoms in total. The van der Waals surface area contributed by atoms with Gasteiger partial charge in [-0.1, -0.05) is 47.1 Å². The molecular weight excluding hydrogens is 559 g/mol. The molecular formula is C28H24BrFN2O4S. The molecule has 37 heavy (non-hydrogen) atoms. The Morgan fingerprint density at radius 1 is 1.05 bits per heavy atom. The summed E-state index contributed by atoms with van der Waals surface area (Å²) in [5, 5.41) is 0.176. The fourth-order valence-corrected chi connectivity index (χ4v) is 4.52. The molecule has 1 saturated heterocycles. The van der Waals surface area contributed by atoms with Crippen LogP contribution in [0.25, 0.3) is 6.08 Å². The van der Waals surface area contributed by atoms with E-state index in [9.17, 15) is 14.0 Å². The van der Waals surface area contributed by atoms with Crippen LogP contribution in [0.15, 0.2) is 76.9 Å². The van der Waals surface area contributed by atoms with E-state index in [1.165, 1.54) is 29.0 Å². The summed E-state index contributed by atoms with van der Waals surface area (Å²) in [5.41, 5.74) is 3.32. The number of thiocarbonyl (C=S) groups is 1. The highest BCUT2D eigenvalue weighted by Gasteiger charge is 2.40. The number of benzene rings is 3. The van der Waals surface area contributed by atoms with Gasteiger partial charge in [0, 0.05) is 10.0 Å².